The molecule has 0 unspecified atom stereocenters. The van der Waals surface area contributed by atoms with Crippen LogP contribution < -0.4 is 9.88 Å². The number of aryl methyl sites for hydroxylation is 1. The molecule has 0 spiro atoms. The van der Waals surface area contributed by atoms with Crippen molar-refractivity contribution in [1.29, 1.82) is 0 Å². The molecule has 0 bridgehead atoms. The average Bonchev–Trinajstić information content (AvgIpc) is 2.28. The first-order chi connectivity index (χ1) is 8.79. The molecular formula is C10H15N3O5S. The van der Waals surface area contributed by atoms with Crippen LogP contribution in [0.15, 0.2) is 12.1 Å². The number of primary sulfonamides is 1. The van der Waals surface area contributed by atoms with Gasteiger partial charge in [-0.25, -0.2) is 13.6 Å². The van der Waals surface area contributed by atoms with Crippen molar-refractivity contribution in [3.8, 4) is 5.75 Å². The Hall–Kier alpha value is -1.74. The molecule has 1 aromatic heterocycles. The number of hydrogen-bond donors (Lipinski definition) is 1. The summed E-state index contributed by atoms with van der Waals surface area (Å²) in [4.78, 5) is 13.9. The Bertz CT molecular complexity index is 558. The van der Waals surface area contributed by atoms with Crippen molar-refractivity contribution >= 4 is 15.8 Å². The molecule has 0 aliphatic carbocycles. The summed E-state index contributed by atoms with van der Waals surface area (Å²) >= 11 is 0. The number of nitrogens with zero attached hydrogens (tertiary/aromatic N) is 2. The molecule has 8 nitrogen and oxygen atoms in total. The van der Waals surface area contributed by atoms with E-state index < -0.39 is 14.9 Å². The molecule has 0 amide bonds. The molecule has 9 heteroatoms. The highest BCUT2D eigenvalue weighted by Gasteiger charge is 2.17. The largest absolute Gasteiger partial charge is 0.486 e. The summed E-state index contributed by atoms with van der Waals surface area (Å²) in [6.07, 6.45) is 0.771. The van der Waals surface area contributed by atoms with Crippen LogP contribution in [0.4, 0.5) is 5.82 Å². The Kier molecular flexibility index (Phi) is 5.19. The summed E-state index contributed by atoms with van der Waals surface area (Å²) in [5, 5.41) is 15.6. The Morgan fingerprint density at radius 3 is 2.68 bits per heavy atom. The van der Waals surface area contributed by atoms with Crippen molar-refractivity contribution in [2.45, 2.75) is 19.8 Å². The smallest absolute Gasteiger partial charge is 0.406 e. The third kappa shape index (κ3) is 5.62. The first-order valence-electron chi connectivity index (χ1n) is 5.55. The summed E-state index contributed by atoms with van der Waals surface area (Å²) in [6, 6.07) is 3.08. The molecule has 0 saturated heterocycles. The van der Waals surface area contributed by atoms with Gasteiger partial charge >= 0.3 is 5.82 Å². The number of pyridine rings is 1. The lowest BCUT2D eigenvalue weighted by Crippen LogP contribution is -2.16. The number of hydrogen-bond acceptors (Lipinski definition) is 6. The van der Waals surface area contributed by atoms with Gasteiger partial charge in [0.15, 0.2) is 0 Å². The predicted molar refractivity (Wildman–Crippen MR) is 68.3 cm³/mol. The van der Waals surface area contributed by atoms with Crippen LogP contribution in [-0.2, 0) is 10.0 Å². The van der Waals surface area contributed by atoms with Gasteiger partial charge in [-0.3, -0.25) is 0 Å². The van der Waals surface area contributed by atoms with Crippen LogP contribution in [0.3, 0.4) is 0 Å². The zero-order valence-corrected chi connectivity index (χ0v) is 11.2. The van der Waals surface area contributed by atoms with Crippen LogP contribution in [0.2, 0.25) is 0 Å². The molecule has 0 saturated carbocycles. The van der Waals surface area contributed by atoms with Gasteiger partial charge in [-0.05, 0) is 34.9 Å². The summed E-state index contributed by atoms with van der Waals surface area (Å²) in [5.41, 5.74) is 0.522. The molecule has 106 valence electrons. The van der Waals surface area contributed by atoms with Crippen LogP contribution in [0.5, 0.6) is 5.75 Å². The quantitative estimate of drug-likeness (QED) is 0.448. The van der Waals surface area contributed by atoms with E-state index in [1.54, 1.807) is 13.0 Å². The molecule has 0 atom stereocenters. The lowest BCUT2D eigenvalue weighted by molar-refractivity contribution is -0.390. The van der Waals surface area contributed by atoms with E-state index in [4.69, 9.17) is 9.88 Å². The zero-order chi connectivity index (χ0) is 14.5. The van der Waals surface area contributed by atoms with E-state index >= 15 is 0 Å². The van der Waals surface area contributed by atoms with Crippen LogP contribution in [0.1, 0.15) is 18.5 Å². The fourth-order valence-corrected chi connectivity index (χ4v) is 1.97. The minimum atomic E-state index is -3.47. The number of nitro groups is 1. The Balaban J connectivity index is 2.52. The Morgan fingerprint density at radius 2 is 2.11 bits per heavy atom. The normalized spacial score (nSPS) is 11.3. The molecular weight excluding hydrogens is 274 g/mol. The molecule has 0 aliphatic rings. The number of nitrogens with two attached hydrogens (primary N) is 1. The molecule has 2 N–H and O–H groups in total. The van der Waals surface area contributed by atoms with Crippen LogP contribution in [0, 0.1) is 17.0 Å². The molecule has 0 aromatic carbocycles. The number of ether oxygens (including phenoxy) is 1. The van der Waals surface area contributed by atoms with Crippen molar-refractivity contribution in [2.75, 3.05) is 12.4 Å². The van der Waals surface area contributed by atoms with Gasteiger partial charge in [-0.15, -0.1) is 0 Å². The molecule has 1 heterocycles. The minimum absolute atomic E-state index is 0.0752. The van der Waals surface area contributed by atoms with Crippen molar-refractivity contribution in [3.05, 3.63) is 27.9 Å². The maximum atomic E-state index is 10.8. The summed E-state index contributed by atoms with van der Waals surface area (Å²) in [6.45, 7) is 1.81. The summed E-state index contributed by atoms with van der Waals surface area (Å²) < 4.78 is 26.6. The Morgan fingerprint density at radius 1 is 1.42 bits per heavy atom. The van der Waals surface area contributed by atoms with Crippen LogP contribution >= 0.6 is 0 Å². The third-order valence-corrected chi connectivity index (χ3v) is 3.09. The fourth-order valence-electron chi connectivity index (χ4n) is 1.36. The minimum Gasteiger partial charge on any atom is -0.486 e. The maximum Gasteiger partial charge on any atom is 0.406 e. The van der Waals surface area contributed by atoms with Crippen molar-refractivity contribution < 1.29 is 18.1 Å². The molecule has 19 heavy (non-hydrogen) atoms. The van der Waals surface area contributed by atoms with Gasteiger partial charge < -0.3 is 14.9 Å². The molecule has 0 radical (unpaired) electrons. The van der Waals surface area contributed by atoms with Gasteiger partial charge in [0.2, 0.25) is 15.8 Å². The highest BCUT2D eigenvalue weighted by atomic mass is 32.2. The summed E-state index contributed by atoms with van der Waals surface area (Å²) in [7, 11) is -3.47. The molecule has 1 aromatic rings. The lowest BCUT2D eigenvalue weighted by Gasteiger charge is -2.06. The van der Waals surface area contributed by atoms with Gasteiger partial charge in [0, 0.05) is 6.92 Å². The van der Waals surface area contributed by atoms with Gasteiger partial charge in [0.1, 0.15) is 5.69 Å². The first-order valence-corrected chi connectivity index (χ1v) is 7.26. The second-order valence-corrected chi connectivity index (χ2v) is 5.69. The van der Waals surface area contributed by atoms with E-state index in [0.29, 0.717) is 18.5 Å². The fraction of sp³-hybridized carbons (Fsp3) is 0.500. The topological polar surface area (TPSA) is 125 Å². The van der Waals surface area contributed by atoms with Gasteiger partial charge in [0.05, 0.1) is 12.4 Å². The van der Waals surface area contributed by atoms with Gasteiger partial charge in [-0.2, -0.15) is 0 Å². The predicted octanol–water partition coefficient (Wildman–Crippen LogP) is 0.746. The maximum absolute atomic E-state index is 10.8. The number of rotatable bonds is 7. The second-order valence-electron chi connectivity index (χ2n) is 3.95. The number of aromatic nitrogens is 1. The first kappa shape index (κ1) is 15.3. The number of sulfonamides is 1. The molecule has 0 aliphatic heterocycles. The van der Waals surface area contributed by atoms with E-state index in [1.807, 2.05) is 0 Å². The van der Waals surface area contributed by atoms with Crippen molar-refractivity contribution in [3.63, 3.8) is 0 Å². The summed E-state index contributed by atoms with van der Waals surface area (Å²) in [5.74, 6) is -0.400. The third-order valence-electron chi connectivity index (χ3n) is 2.23. The van der Waals surface area contributed by atoms with E-state index in [2.05, 4.69) is 4.98 Å². The van der Waals surface area contributed by atoms with E-state index in [9.17, 15) is 18.5 Å². The van der Waals surface area contributed by atoms with Crippen LogP contribution in [-0.4, -0.2) is 30.7 Å². The van der Waals surface area contributed by atoms with Crippen molar-refractivity contribution in [1.82, 2.24) is 4.98 Å². The number of unbranched alkanes of at least 4 members (excludes halogenated alkanes) is 1. The average molecular weight is 289 g/mol. The van der Waals surface area contributed by atoms with Crippen molar-refractivity contribution in [2.24, 2.45) is 5.14 Å². The van der Waals surface area contributed by atoms with Gasteiger partial charge in [0.25, 0.3) is 0 Å². The highest BCUT2D eigenvalue weighted by Crippen LogP contribution is 2.24. The van der Waals surface area contributed by atoms with E-state index in [0.717, 1.165) is 0 Å². The molecule has 1 rings (SSSR count). The molecule has 0 fully saturated rings. The van der Waals surface area contributed by atoms with E-state index in [-0.39, 0.29) is 23.9 Å². The monoisotopic (exact) mass is 289 g/mol. The second kappa shape index (κ2) is 6.43. The zero-order valence-electron chi connectivity index (χ0n) is 10.4. The lowest BCUT2D eigenvalue weighted by atomic mass is 10.3. The van der Waals surface area contributed by atoms with Crippen LogP contribution in [0.25, 0.3) is 0 Å². The SMILES string of the molecule is Cc1ccc(OCCCCS(N)(=O)=O)c([N+](=O)[O-])n1. The standard InChI is InChI=1S/C10H15N3O5S/c1-8-4-5-9(10(12-8)13(14)15)18-6-2-3-7-19(11,16)17/h4-5H,2-3,6-7H2,1H3,(H2,11,16,17). The highest BCUT2D eigenvalue weighted by molar-refractivity contribution is 7.89. The van der Waals surface area contributed by atoms with E-state index in [1.165, 1.54) is 6.07 Å². The Labute approximate surface area is 110 Å². The van der Waals surface area contributed by atoms with Gasteiger partial charge in [-0.1, -0.05) is 0 Å².